The van der Waals surface area contributed by atoms with Gasteiger partial charge in [0.15, 0.2) is 5.84 Å². The maximum absolute atomic E-state index is 9.84. The number of imidazole rings is 1. The van der Waals surface area contributed by atoms with Crippen molar-refractivity contribution in [2.75, 3.05) is 31.7 Å². The van der Waals surface area contributed by atoms with E-state index in [0.29, 0.717) is 13.1 Å². The second-order valence-electron chi connectivity index (χ2n) is 5.27. The highest BCUT2D eigenvalue weighted by molar-refractivity contribution is 6.03. The Hall–Kier alpha value is -1.64. The highest BCUT2D eigenvalue weighted by Crippen LogP contribution is 2.34. The van der Waals surface area contributed by atoms with Crippen molar-refractivity contribution in [1.82, 2.24) is 14.5 Å². The molecule has 20 heavy (non-hydrogen) atoms. The molecule has 3 aliphatic heterocycles. The van der Waals surface area contributed by atoms with E-state index in [1.807, 2.05) is 4.57 Å². The van der Waals surface area contributed by atoms with E-state index in [2.05, 4.69) is 20.2 Å². The second kappa shape index (κ2) is 4.44. The first-order valence-electron chi connectivity index (χ1n) is 6.83. The summed E-state index contributed by atoms with van der Waals surface area (Å²) < 4.78 is 7.56. The van der Waals surface area contributed by atoms with Gasteiger partial charge < -0.3 is 25.2 Å². The maximum atomic E-state index is 9.84. The Balaban J connectivity index is 1.65. The molecule has 1 aromatic rings. The number of aliphatic imine (C=N–C) groups is 1. The van der Waals surface area contributed by atoms with Crippen molar-refractivity contribution in [3.05, 3.63) is 12.0 Å². The van der Waals surface area contributed by atoms with Crippen LogP contribution in [0.15, 0.2) is 11.3 Å². The molecular weight excluding hydrogens is 262 g/mol. The number of hydrogen-bond acceptors (Lipinski definition) is 7. The van der Waals surface area contributed by atoms with Gasteiger partial charge in [0, 0.05) is 13.0 Å². The van der Waals surface area contributed by atoms with Crippen LogP contribution in [-0.4, -0.2) is 69.1 Å². The minimum absolute atomic E-state index is 0.178. The lowest BCUT2D eigenvalue weighted by molar-refractivity contribution is -0.0437. The number of amidine groups is 1. The molecule has 3 atom stereocenters. The molecule has 8 heteroatoms. The average Bonchev–Trinajstić information content (AvgIpc) is 3.13. The quantitative estimate of drug-likeness (QED) is 0.641. The molecule has 8 nitrogen and oxygen atoms in total. The van der Waals surface area contributed by atoms with Crippen molar-refractivity contribution in [2.45, 2.75) is 24.9 Å². The molecule has 1 fully saturated rings. The SMILES string of the molecule is OC[C@H]1O[C@@H](n2cnc3c2NCN2CCN=C32)C[C@@H]1O. The summed E-state index contributed by atoms with van der Waals surface area (Å²) in [6.45, 7) is 2.24. The van der Waals surface area contributed by atoms with E-state index in [-0.39, 0.29) is 12.8 Å². The summed E-state index contributed by atoms with van der Waals surface area (Å²) in [4.78, 5) is 11.1. The van der Waals surface area contributed by atoms with Gasteiger partial charge in [-0.3, -0.25) is 9.56 Å². The summed E-state index contributed by atoms with van der Waals surface area (Å²) in [5.74, 6) is 1.80. The molecule has 108 valence electrons. The van der Waals surface area contributed by atoms with Gasteiger partial charge in [0.25, 0.3) is 0 Å². The highest BCUT2D eigenvalue weighted by atomic mass is 16.5. The van der Waals surface area contributed by atoms with Crippen LogP contribution in [0, 0.1) is 0 Å². The van der Waals surface area contributed by atoms with Crippen LogP contribution in [0.3, 0.4) is 0 Å². The first-order chi connectivity index (χ1) is 9.78. The van der Waals surface area contributed by atoms with Crippen LogP contribution in [0.1, 0.15) is 18.3 Å². The van der Waals surface area contributed by atoms with E-state index >= 15 is 0 Å². The van der Waals surface area contributed by atoms with Gasteiger partial charge >= 0.3 is 0 Å². The molecule has 0 aromatic carbocycles. The van der Waals surface area contributed by atoms with Crippen molar-refractivity contribution < 1.29 is 14.9 Å². The van der Waals surface area contributed by atoms with Gasteiger partial charge in [0.2, 0.25) is 0 Å². The molecule has 0 amide bonds. The van der Waals surface area contributed by atoms with Gasteiger partial charge in [-0.2, -0.15) is 0 Å². The van der Waals surface area contributed by atoms with Crippen molar-refractivity contribution in [1.29, 1.82) is 0 Å². The number of rotatable bonds is 2. The minimum Gasteiger partial charge on any atom is -0.394 e. The van der Waals surface area contributed by atoms with Gasteiger partial charge in [-0.1, -0.05) is 0 Å². The lowest BCUT2D eigenvalue weighted by Gasteiger charge is -2.27. The first kappa shape index (κ1) is 12.1. The molecule has 0 radical (unpaired) electrons. The maximum Gasteiger partial charge on any atom is 0.155 e. The topological polar surface area (TPSA) is 95.1 Å². The normalized spacial score (nSPS) is 31.8. The summed E-state index contributed by atoms with van der Waals surface area (Å²) in [5.41, 5.74) is 0.833. The lowest BCUT2D eigenvalue weighted by Crippen LogP contribution is -2.38. The molecule has 0 spiro atoms. The molecule has 0 unspecified atom stereocenters. The number of aliphatic hydroxyl groups is 2. The van der Waals surface area contributed by atoms with Crippen LogP contribution < -0.4 is 5.32 Å². The molecule has 0 aliphatic carbocycles. The molecule has 1 saturated heterocycles. The van der Waals surface area contributed by atoms with E-state index in [0.717, 1.165) is 30.4 Å². The molecule has 4 rings (SSSR count). The smallest absolute Gasteiger partial charge is 0.155 e. The minimum atomic E-state index is -0.646. The van der Waals surface area contributed by atoms with Gasteiger partial charge in [-0.15, -0.1) is 0 Å². The zero-order chi connectivity index (χ0) is 13.7. The number of hydrogen-bond donors (Lipinski definition) is 3. The molecular formula is C12H17N5O3. The van der Waals surface area contributed by atoms with Crippen molar-refractivity contribution in [2.24, 2.45) is 4.99 Å². The summed E-state index contributed by atoms with van der Waals surface area (Å²) in [6, 6.07) is 0. The summed E-state index contributed by atoms with van der Waals surface area (Å²) in [6.07, 6.45) is 0.679. The summed E-state index contributed by atoms with van der Waals surface area (Å²) in [7, 11) is 0. The Morgan fingerprint density at radius 1 is 1.50 bits per heavy atom. The fourth-order valence-corrected chi connectivity index (χ4v) is 3.00. The van der Waals surface area contributed by atoms with Crippen LogP contribution in [-0.2, 0) is 4.74 Å². The van der Waals surface area contributed by atoms with Gasteiger partial charge in [-0.25, -0.2) is 4.98 Å². The predicted octanol–water partition coefficient (Wildman–Crippen LogP) is -1.03. The fraction of sp³-hybridized carbons (Fsp3) is 0.667. The Morgan fingerprint density at radius 2 is 2.40 bits per heavy atom. The van der Waals surface area contributed by atoms with E-state index in [4.69, 9.17) is 9.84 Å². The third kappa shape index (κ3) is 1.65. The zero-order valence-electron chi connectivity index (χ0n) is 10.9. The van der Waals surface area contributed by atoms with Crippen LogP contribution in [0.5, 0.6) is 0 Å². The molecule has 3 aliphatic rings. The Morgan fingerprint density at radius 3 is 3.20 bits per heavy atom. The Bertz CT molecular complexity index is 557. The molecule has 0 saturated carbocycles. The molecule has 1 aromatic heterocycles. The van der Waals surface area contributed by atoms with Crippen molar-refractivity contribution in [3.8, 4) is 0 Å². The van der Waals surface area contributed by atoms with Crippen molar-refractivity contribution >= 4 is 11.7 Å². The zero-order valence-corrected chi connectivity index (χ0v) is 10.9. The first-order valence-corrected chi connectivity index (χ1v) is 6.83. The Kier molecular flexibility index (Phi) is 2.69. The average molecular weight is 279 g/mol. The third-order valence-electron chi connectivity index (χ3n) is 4.07. The highest BCUT2D eigenvalue weighted by Gasteiger charge is 2.37. The van der Waals surface area contributed by atoms with E-state index in [1.165, 1.54) is 0 Å². The van der Waals surface area contributed by atoms with Crippen LogP contribution in [0.2, 0.25) is 0 Å². The van der Waals surface area contributed by atoms with Gasteiger partial charge in [-0.05, 0) is 0 Å². The standard InChI is InChI=1S/C12H17N5O3/c18-4-8-7(19)3-9(20-8)17-6-14-10-11-13-1-2-16(11)5-15-12(10)17/h6-9,15,18-19H,1-5H2/t7-,8+,9+/m0/s1. The molecule has 3 N–H and O–H groups in total. The summed E-state index contributed by atoms with van der Waals surface area (Å²) >= 11 is 0. The number of nitrogens with one attached hydrogen (secondary N) is 1. The van der Waals surface area contributed by atoms with Crippen LogP contribution in [0.25, 0.3) is 0 Å². The largest absolute Gasteiger partial charge is 0.394 e. The predicted molar refractivity (Wildman–Crippen MR) is 70.4 cm³/mol. The van der Waals surface area contributed by atoms with E-state index in [1.54, 1.807) is 6.33 Å². The van der Waals surface area contributed by atoms with Crippen molar-refractivity contribution in [3.63, 3.8) is 0 Å². The number of aliphatic hydroxyl groups excluding tert-OH is 2. The second-order valence-corrected chi connectivity index (χ2v) is 5.27. The van der Waals surface area contributed by atoms with Gasteiger partial charge in [0.05, 0.1) is 32.3 Å². The Labute approximate surface area is 115 Å². The number of fused-ring (bicyclic) bond motifs is 3. The lowest BCUT2D eigenvalue weighted by atomic mass is 10.2. The number of aromatic nitrogens is 2. The van der Waals surface area contributed by atoms with Gasteiger partial charge in [0.1, 0.15) is 23.8 Å². The van der Waals surface area contributed by atoms with E-state index in [9.17, 15) is 5.11 Å². The molecule has 4 heterocycles. The number of nitrogens with zero attached hydrogens (tertiary/aromatic N) is 4. The fourth-order valence-electron chi connectivity index (χ4n) is 3.00. The summed E-state index contributed by atoms with van der Waals surface area (Å²) in [5, 5.41) is 22.3. The van der Waals surface area contributed by atoms with Crippen LogP contribution >= 0.6 is 0 Å². The third-order valence-corrected chi connectivity index (χ3v) is 4.07. The van der Waals surface area contributed by atoms with Crippen LogP contribution in [0.4, 0.5) is 5.82 Å². The molecule has 0 bridgehead atoms. The number of ether oxygens (including phenoxy) is 1. The van der Waals surface area contributed by atoms with E-state index < -0.39 is 12.2 Å². The number of anilines is 1. The monoisotopic (exact) mass is 279 g/mol.